The summed E-state index contributed by atoms with van der Waals surface area (Å²) in [6.07, 6.45) is 0. The van der Waals surface area contributed by atoms with E-state index in [-0.39, 0.29) is 24.5 Å². The average molecular weight is 468 g/mol. The van der Waals surface area contributed by atoms with E-state index in [0.29, 0.717) is 5.69 Å². The van der Waals surface area contributed by atoms with Crippen LogP contribution in [0.3, 0.4) is 0 Å². The van der Waals surface area contributed by atoms with Crippen molar-refractivity contribution in [1.82, 2.24) is 15.1 Å². The lowest BCUT2D eigenvalue weighted by atomic mass is 10.1. The Bertz CT molecular complexity index is 1110. The summed E-state index contributed by atoms with van der Waals surface area (Å²) < 4.78 is 10.9. The SMILES string of the molecule is CC(=O)OCOC(=O)CSc1ccc(C(C)NC(=O)c2cc(-c3ccccc3)nn2C)cc1. The van der Waals surface area contributed by atoms with E-state index in [1.165, 1.54) is 18.7 Å². The molecule has 172 valence electrons. The highest BCUT2D eigenvalue weighted by Crippen LogP contribution is 2.22. The lowest BCUT2D eigenvalue weighted by Gasteiger charge is -2.15. The Hall–Kier alpha value is -3.59. The number of hydrogen-bond donors (Lipinski definition) is 1. The summed E-state index contributed by atoms with van der Waals surface area (Å²) in [5.74, 6) is -1.10. The molecule has 1 atom stereocenters. The molecule has 1 heterocycles. The molecular formula is C24H25N3O5S. The third-order valence-corrected chi connectivity index (χ3v) is 5.73. The highest BCUT2D eigenvalue weighted by Gasteiger charge is 2.17. The predicted molar refractivity (Wildman–Crippen MR) is 124 cm³/mol. The van der Waals surface area contributed by atoms with E-state index in [1.807, 2.05) is 61.5 Å². The Balaban J connectivity index is 1.54. The van der Waals surface area contributed by atoms with E-state index in [0.717, 1.165) is 21.7 Å². The first-order chi connectivity index (χ1) is 15.8. The number of aromatic nitrogens is 2. The fraction of sp³-hybridized carbons (Fsp3) is 0.250. The van der Waals surface area contributed by atoms with Crippen molar-refractivity contribution in [1.29, 1.82) is 0 Å². The molecule has 33 heavy (non-hydrogen) atoms. The third kappa shape index (κ3) is 6.95. The van der Waals surface area contributed by atoms with Crippen LogP contribution in [0, 0.1) is 0 Å². The van der Waals surface area contributed by atoms with Gasteiger partial charge in [-0.3, -0.25) is 19.1 Å². The summed E-state index contributed by atoms with van der Waals surface area (Å²) in [5, 5.41) is 7.44. The Morgan fingerprint density at radius 2 is 1.76 bits per heavy atom. The number of ether oxygens (including phenoxy) is 2. The van der Waals surface area contributed by atoms with Crippen LogP contribution >= 0.6 is 11.8 Å². The molecule has 1 unspecified atom stereocenters. The molecule has 0 radical (unpaired) electrons. The van der Waals surface area contributed by atoms with E-state index in [2.05, 4.69) is 15.2 Å². The van der Waals surface area contributed by atoms with Crippen LogP contribution < -0.4 is 5.32 Å². The minimum atomic E-state index is -0.507. The Morgan fingerprint density at radius 3 is 2.42 bits per heavy atom. The largest absolute Gasteiger partial charge is 0.428 e. The second-order valence-electron chi connectivity index (χ2n) is 7.23. The van der Waals surface area contributed by atoms with E-state index in [1.54, 1.807) is 17.8 Å². The lowest BCUT2D eigenvalue weighted by molar-refractivity contribution is -0.163. The number of rotatable bonds is 9. The number of hydrogen-bond acceptors (Lipinski definition) is 7. The number of thioether (sulfide) groups is 1. The van der Waals surface area contributed by atoms with E-state index in [4.69, 9.17) is 4.74 Å². The maximum absolute atomic E-state index is 12.8. The second kappa shape index (κ2) is 11.3. The second-order valence-corrected chi connectivity index (χ2v) is 8.28. The molecule has 0 spiro atoms. The zero-order valence-corrected chi connectivity index (χ0v) is 19.4. The van der Waals surface area contributed by atoms with Crippen LogP contribution in [-0.4, -0.2) is 40.2 Å². The van der Waals surface area contributed by atoms with Gasteiger partial charge >= 0.3 is 11.9 Å². The molecule has 0 saturated heterocycles. The summed E-state index contributed by atoms with van der Waals surface area (Å²) in [5.41, 5.74) is 3.09. The number of amides is 1. The minimum absolute atomic E-state index is 0.0944. The number of esters is 2. The van der Waals surface area contributed by atoms with E-state index < -0.39 is 11.9 Å². The molecule has 2 aromatic carbocycles. The smallest absolute Gasteiger partial charge is 0.319 e. The van der Waals surface area contributed by atoms with Crippen molar-refractivity contribution in [3.63, 3.8) is 0 Å². The number of benzene rings is 2. The number of carbonyl (C=O) groups excluding carboxylic acids is 3. The maximum Gasteiger partial charge on any atom is 0.319 e. The first kappa shape index (κ1) is 24.1. The quantitative estimate of drug-likeness (QED) is 0.291. The van der Waals surface area contributed by atoms with Gasteiger partial charge in [0.15, 0.2) is 0 Å². The van der Waals surface area contributed by atoms with Crippen molar-refractivity contribution < 1.29 is 23.9 Å². The monoisotopic (exact) mass is 467 g/mol. The molecule has 0 aliphatic rings. The van der Waals surface area contributed by atoms with Gasteiger partial charge in [0.1, 0.15) is 5.69 Å². The molecule has 8 nitrogen and oxygen atoms in total. The van der Waals surface area contributed by atoms with Crippen molar-refractivity contribution in [3.8, 4) is 11.3 Å². The van der Waals surface area contributed by atoms with Crippen molar-refractivity contribution in [3.05, 3.63) is 71.9 Å². The standard InChI is InChI=1S/C24H25N3O5S/c1-16(18-9-11-20(12-10-18)33-14-23(29)32-15-31-17(2)28)25-24(30)22-13-21(26-27(22)3)19-7-5-4-6-8-19/h4-13,16H,14-15H2,1-3H3,(H,25,30). The fourth-order valence-corrected chi connectivity index (χ4v) is 3.69. The number of aryl methyl sites for hydroxylation is 1. The average Bonchev–Trinajstić information content (AvgIpc) is 3.20. The van der Waals surface area contributed by atoms with Crippen LogP contribution in [0.5, 0.6) is 0 Å². The van der Waals surface area contributed by atoms with Gasteiger partial charge in [-0.05, 0) is 30.7 Å². The lowest BCUT2D eigenvalue weighted by Crippen LogP contribution is -2.28. The third-order valence-electron chi connectivity index (χ3n) is 4.75. The number of nitrogens with zero attached hydrogens (tertiary/aromatic N) is 2. The first-order valence-electron chi connectivity index (χ1n) is 10.3. The summed E-state index contributed by atoms with van der Waals surface area (Å²) in [6, 6.07) is 18.8. The molecule has 3 rings (SSSR count). The Kier molecular flexibility index (Phi) is 8.26. The Morgan fingerprint density at radius 1 is 1.06 bits per heavy atom. The molecule has 3 aromatic rings. The van der Waals surface area contributed by atoms with Crippen LogP contribution in [0.15, 0.2) is 65.6 Å². The van der Waals surface area contributed by atoms with Gasteiger partial charge in [-0.2, -0.15) is 5.10 Å². The van der Waals surface area contributed by atoms with Gasteiger partial charge in [0.05, 0.1) is 17.5 Å². The van der Waals surface area contributed by atoms with Crippen LogP contribution in [-0.2, 0) is 26.1 Å². The van der Waals surface area contributed by atoms with Crippen molar-refractivity contribution in [2.75, 3.05) is 12.5 Å². The summed E-state index contributed by atoms with van der Waals surface area (Å²) in [4.78, 5) is 36.0. The zero-order valence-electron chi connectivity index (χ0n) is 18.6. The maximum atomic E-state index is 12.8. The molecule has 1 N–H and O–H groups in total. The van der Waals surface area contributed by atoms with Crippen LogP contribution in [0.1, 0.15) is 35.9 Å². The van der Waals surface area contributed by atoms with E-state index >= 15 is 0 Å². The molecule has 9 heteroatoms. The van der Waals surface area contributed by atoms with Gasteiger partial charge in [0, 0.05) is 24.4 Å². The summed E-state index contributed by atoms with van der Waals surface area (Å²) in [7, 11) is 1.75. The molecule has 0 saturated carbocycles. The Labute approximate surface area is 196 Å². The van der Waals surface area contributed by atoms with Crippen LogP contribution in [0.4, 0.5) is 0 Å². The number of carbonyl (C=O) groups is 3. The molecule has 0 aliphatic carbocycles. The van der Waals surface area contributed by atoms with Gasteiger partial charge < -0.3 is 14.8 Å². The van der Waals surface area contributed by atoms with Gasteiger partial charge in [0.2, 0.25) is 6.79 Å². The number of nitrogens with one attached hydrogen (secondary N) is 1. The topological polar surface area (TPSA) is 99.5 Å². The summed E-state index contributed by atoms with van der Waals surface area (Å²) in [6.45, 7) is 2.77. The molecule has 1 aromatic heterocycles. The van der Waals surface area contributed by atoms with Crippen molar-refractivity contribution in [2.45, 2.75) is 24.8 Å². The molecule has 0 fully saturated rings. The van der Waals surface area contributed by atoms with E-state index in [9.17, 15) is 14.4 Å². The highest BCUT2D eigenvalue weighted by atomic mass is 32.2. The van der Waals surface area contributed by atoms with Gasteiger partial charge in [-0.1, -0.05) is 42.5 Å². The van der Waals surface area contributed by atoms with Gasteiger partial charge in [-0.15, -0.1) is 11.8 Å². The molecule has 0 aliphatic heterocycles. The van der Waals surface area contributed by atoms with Crippen LogP contribution in [0.2, 0.25) is 0 Å². The predicted octanol–water partition coefficient (Wildman–Crippen LogP) is 3.73. The first-order valence-corrected chi connectivity index (χ1v) is 11.2. The molecule has 0 bridgehead atoms. The molecule has 1 amide bonds. The minimum Gasteiger partial charge on any atom is -0.428 e. The van der Waals surface area contributed by atoms with Crippen molar-refractivity contribution >= 4 is 29.6 Å². The summed E-state index contributed by atoms with van der Waals surface area (Å²) >= 11 is 1.31. The highest BCUT2D eigenvalue weighted by molar-refractivity contribution is 8.00. The van der Waals surface area contributed by atoms with Gasteiger partial charge in [-0.25, -0.2) is 0 Å². The molecular weight excluding hydrogens is 442 g/mol. The van der Waals surface area contributed by atoms with Gasteiger partial charge in [0.25, 0.3) is 5.91 Å². The fourth-order valence-electron chi connectivity index (χ4n) is 3.00. The van der Waals surface area contributed by atoms with Crippen LogP contribution in [0.25, 0.3) is 11.3 Å². The normalized spacial score (nSPS) is 11.5. The van der Waals surface area contributed by atoms with Crippen molar-refractivity contribution in [2.24, 2.45) is 7.05 Å². The zero-order chi connectivity index (χ0) is 23.8.